The monoisotopic (exact) mass is 254 g/mol. The number of benzene rings is 2. The molecule has 0 saturated heterocycles. The van der Waals surface area contributed by atoms with Crippen LogP contribution in [-0.2, 0) is 6.54 Å². The number of nitrogens with two attached hydrogens (primary N) is 1. The molecule has 0 aliphatic carbocycles. The molecule has 0 atom stereocenters. The van der Waals surface area contributed by atoms with Crippen molar-refractivity contribution in [3.63, 3.8) is 0 Å². The van der Waals surface area contributed by atoms with Gasteiger partial charge >= 0.3 is 0 Å². The van der Waals surface area contributed by atoms with E-state index in [4.69, 9.17) is 5.73 Å². The molecule has 2 heteroatoms. The van der Waals surface area contributed by atoms with Crippen LogP contribution in [-0.4, -0.2) is 7.05 Å². The Labute approximate surface area is 115 Å². The Bertz CT molecular complexity index is 588. The molecule has 0 aliphatic rings. The van der Waals surface area contributed by atoms with Crippen molar-refractivity contribution in [2.75, 3.05) is 17.7 Å². The molecule has 0 aliphatic heterocycles. The van der Waals surface area contributed by atoms with E-state index in [-0.39, 0.29) is 0 Å². The minimum absolute atomic E-state index is 0.807. The van der Waals surface area contributed by atoms with E-state index in [9.17, 15) is 0 Å². The van der Waals surface area contributed by atoms with Crippen LogP contribution in [0.2, 0.25) is 0 Å². The lowest BCUT2D eigenvalue weighted by Gasteiger charge is -2.22. The predicted octanol–water partition coefficient (Wildman–Crippen LogP) is 3.83. The van der Waals surface area contributed by atoms with Gasteiger partial charge in [-0.2, -0.15) is 0 Å². The molecule has 2 aromatic rings. The SMILES string of the molecule is Cc1ccc(CN(C)c2cccc(N)c2)c(C)c1C. The van der Waals surface area contributed by atoms with Crippen molar-refractivity contribution in [1.29, 1.82) is 0 Å². The Morgan fingerprint density at radius 3 is 2.42 bits per heavy atom. The third kappa shape index (κ3) is 2.90. The maximum Gasteiger partial charge on any atom is 0.0428 e. The topological polar surface area (TPSA) is 29.3 Å². The maximum absolute atomic E-state index is 5.84. The van der Waals surface area contributed by atoms with E-state index in [1.54, 1.807) is 0 Å². The fraction of sp³-hybridized carbons (Fsp3) is 0.294. The molecule has 19 heavy (non-hydrogen) atoms. The van der Waals surface area contributed by atoms with E-state index >= 15 is 0 Å². The summed E-state index contributed by atoms with van der Waals surface area (Å²) >= 11 is 0. The number of nitrogen functional groups attached to an aromatic ring is 1. The van der Waals surface area contributed by atoms with Crippen LogP contribution in [0, 0.1) is 20.8 Å². The Hall–Kier alpha value is -1.96. The molecule has 0 bridgehead atoms. The molecule has 2 nitrogen and oxygen atoms in total. The average molecular weight is 254 g/mol. The molecule has 2 aromatic carbocycles. The van der Waals surface area contributed by atoms with Crippen LogP contribution in [0.5, 0.6) is 0 Å². The second-order valence-electron chi connectivity index (χ2n) is 5.24. The van der Waals surface area contributed by atoms with Crippen LogP contribution in [0.3, 0.4) is 0 Å². The van der Waals surface area contributed by atoms with Crippen LogP contribution in [0.15, 0.2) is 36.4 Å². The van der Waals surface area contributed by atoms with Gasteiger partial charge in [0.1, 0.15) is 0 Å². The van der Waals surface area contributed by atoms with Crippen molar-refractivity contribution in [2.24, 2.45) is 0 Å². The summed E-state index contributed by atoms with van der Waals surface area (Å²) in [7, 11) is 2.10. The second-order valence-corrected chi connectivity index (χ2v) is 5.24. The third-order valence-corrected chi connectivity index (χ3v) is 3.89. The molecule has 100 valence electrons. The smallest absolute Gasteiger partial charge is 0.0428 e. The number of nitrogens with zero attached hydrogens (tertiary/aromatic N) is 1. The van der Waals surface area contributed by atoms with E-state index in [2.05, 4.69) is 50.9 Å². The molecular formula is C17H22N2. The van der Waals surface area contributed by atoms with E-state index in [1.807, 2.05) is 18.2 Å². The zero-order valence-electron chi connectivity index (χ0n) is 12.2. The minimum Gasteiger partial charge on any atom is -0.399 e. The summed E-state index contributed by atoms with van der Waals surface area (Å²) in [6, 6.07) is 12.4. The van der Waals surface area contributed by atoms with Crippen molar-refractivity contribution >= 4 is 11.4 Å². The van der Waals surface area contributed by atoms with Gasteiger partial charge in [-0.05, 0) is 61.2 Å². The van der Waals surface area contributed by atoms with Gasteiger partial charge in [-0.25, -0.2) is 0 Å². The summed E-state index contributed by atoms with van der Waals surface area (Å²) in [6.45, 7) is 7.45. The molecule has 2 rings (SSSR count). The fourth-order valence-corrected chi connectivity index (χ4v) is 2.29. The van der Waals surface area contributed by atoms with E-state index < -0.39 is 0 Å². The Morgan fingerprint density at radius 1 is 1.00 bits per heavy atom. The number of aryl methyl sites for hydroxylation is 1. The number of hydrogen-bond donors (Lipinski definition) is 1. The zero-order valence-corrected chi connectivity index (χ0v) is 12.2. The van der Waals surface area contributed by atoms with Crippen LogP contribution >= 0.6 is 0 Å². The predicted molar refractivity (Wildman–Crippen MR) is 83.6 cm³/mol. The highest BCUT2D eigenvalue weighted by Gasteiger charge is 2.07. The average Bonchev–Trinajstić information content (AvgIpc) is 2.39. The Kier molecular flexibility index (Phi) is 3.79. The zero-order chi connectivity index (χ0) is 14.0. The molecular weight excluding hydrogens is 232 g/mol. The van der Waals surface area contributed by atoms with Crippen LogP contribution in [0.25, 0.3) is 0 Å². The summed E-state index contributed by atoms with van der Waals surface area (Å²) < 4.78 is 0. The standard InChI is InChI=1S/C17H22N2/c1-12-8-9-15(14(3)13(12)2)11-19(4)17-7-5-6-16(18)10-17/h5-10H,11,18H2,1-4H3. The van der Waals surface area contributed by atoms with Gasteiger partial charge < -0.3 is 10.6 Å². The molecule has 0 radical (unpaired) electrons. The van der Waals surface area contributed by atoms with Crippen molar-refractivity contribution in [3.8, 4) is 0 Å². The first-order valence-electron chi connectivity index (χ1n) is 6.61. The second kappa shape index (κ2) is 5.35. The van der Waals surface area contributed by atoms with Gasteiger partial charge in [0, 0.05) is 25.0 Å². The first kappa shape index (κ1) is 13.5. The first-order valence-corrected chi connectivity index (χ1v) is 6.61. The lowest BCUT2D eigenvalue weighted by molar-refractivity contribution is 0.910. The number of hydrogen-bond acceptors (Lipinski definition) is 2. The summed E-state index contributed by atoms with van der Waals surface area (Å²) in [5, 5.41) is 0. The molecule has 0 unspecified atom stereocenters. The summed E-state index contributed by atoms with van der Waals surface area (Å²) in [4.78, 5) is 2.23. The maximum atomic E-state index is 5.84. The third-order valence-electron chi connectivity index (χ3n) is 3.89. The highest BCUT2D eigenvalue weighted by atomic mass is 15.1. The fourth-order valence-electron chi connectivity index (χ4n) is 2.29. The van der Waals surface area contributed by atoms with Gasteiger partial charge in [-0.15, -0.1) is 0 Å². The molecule has 0 spiro atoms. The number of anilines is 2. The highest BCUT2D eigenvalue weighted by Crippen LogP contribution is 2.22. The molecule has 0 saturated carbocycles. The van der Waals surface area contributed by atoms with Gasteiger partial charge in [-0.1, -0.05) is 18.2 Å². The quantitative estimate of drug-likeness (QED) is 0.843. The summed E-state index contributed by atoms with van der Waals surface area (Å²) in [5.74, 6) is 0. The van der Waals surface area contributed by atoms with E-state index in [0.717, 1.165) is 17.9 Å². The highest BCUT2D eigenvalue weighted by molar-refractivity contribution is 5.56. The minimum atomic E-state index is 0.807. The van der Waals surface area contributed by atoms with Gasteiger partial charge in [0.15, 0.2) is 0 Å². The first-order chi connectivity index (χ1) is 8.99. The summed E-state index contributed by atoms with van der Waals surface area (Å²) in [6.07, 6.45) is 0. The Morgan fingerprint density at radius 2 is 1.74 bits per heavy atom. The van der Waals surface area contributed by atoms with Crippen LogP contribution in [0.1, 0.15) is 22.3 Å². The molecule has 0 heterocycles. The normalized spacial score (nSPS) is 10.5. The Balaban J connectivity index is 2.24. The largest absolute Gasteiger partial charge is 0.399 e. The molecule has 0 aromatic heterocycles. The van der Waals surface area contributed by atoms with Gasteiger partial charge in [0.05, 0.1) is 0 Å². The van der Waals surface area contributed by atoms with Gasteiger partial charge in [0.25, 0.3) is 0 Å². The lowest BCUT2D eigenvalue weighted by atomic mass is 9.98. The van der Waals surface area contributed by atoms with Crippen molar-refractivity contribution < 1.29 is 0 Å². The molecule has 0 fully saturated rings. The molecule has 0 amide bonds. The van der Waals surface area contributed by atoms with Gasteiger partial charge in [-0.3, -0.25) is 0 Å². The lowest BCUT2D eigenvalue weighted by Crippen LogP contribution is -2.17. The molecule has 2 N–H and O–H groups in total. The van der Waals surface area contributed by atoms with Crippen molar-refractivity contribution in [1.82, 2.24) is 0 Å². The number of rotatable bonds is 3. The van der Waals surface area contributed by atoms with E-state index in [1.165, 1.54) is 22.3 Å². The summed E-state index contributed by atoms with van der Waals surface area (Å²) in [5.41, 5.74) is 13.3. The van der Waals surface area contributed by atoms with Gasteiger partial charge in [0.2, 0.25) is 0 Å². The van der Waals surface area contributed by atoms with Crippen molar-refractivity contribution in [3.05, 3.63) is 58.7 Å². The van der Waals surface area contributed by atoms with E-state index in [0.29, 0.717) is 0 Å². The van der Waals surface area contributed by atoms with Crippen molar-refractivity contribution in [2.45, 2.75) is 27.3 Å². The van der Waals surface area contributed by atoms with Crippen LogP contribution in [0.4, 0.5) is 11.4 Å². The van der Waals surface area contributed by atoms with Crippen LogP contribution < -0.4 is 10.6 Å².